The second-order valence-electron chi connectivity index (χ2n) is 4.67. The van der Waals surface area contributed by atoms with Gasteiger partial charge in [-0.05, 0) is 38.1 Å². The summed E-state index contributed by atoms with van der Waals surface area (Å²) in [6.07, 6.45) is -0.694. The average Bonchev–Trinajstić information content (AvgIpc) is 2.49. The van der Waals surface area contributed by atoms with Crippen LogP contribution < -0.4 is 10.1 Å². The summed E-state index contributed by atoms with van der Waals surface area (Å²) < 4.78 is 5.59. The van der Waals surface area contributed by atoms with Gasteiger partial charge >= 0.3 is 0 Å². The predicted octanol–water partition coefficient (Wildman–Crippen LogP) is 2.29. The molecule has 2 N–H and O–H groups in total. The predicted molar refractivity (Wildman–Crippen MR) is 80.1 cm³/mol. The number of aliphatic hydroxyl groups is 1. The van der Waals surface area contributed by atoms with Crippen molar-refractivity contribution in [2.75, 3.05) is 5.32 Å². The van der Waals surface area contributed by atoms with E-state index in [1.807, 2.05) is 25.1 Å². The van der Waals surface area contributed by atoms with Crippen molar-refractivity contribution in [1.82, 2.24) is 4.98 Å². The van der Waals surface area contributed by atoms with Crippen molar-refractivity contribution in [2.45, 2.75) is 26.6 Å². The molecular weight excluding hydrogens is 268 g/mol. The third-order valence-electron chi connectivity index (χ3n) is 2.94. The highest BCUT2D eigenvalue weighted by Gasteiger charge is 2.17. The summed E-state index contributed by atoms with van der Waals surface area (Å²) in [5.74, 6) is 0.157. The van der Waals surface area contributed by atoms with Crippen LogP contribution >= 0.6 is 0 Å². The van der Waals surface area contributed by atoms with E-state index in [1.54, 1.807) is 31.2 Å². The van der Waals surface area contributed by atoms with Gasteiger partial charge in [0, 0.05) is 11.4 Å². The molecule has 0 aliphatic carbocycles. The summed E-state index contributed by atoms with van der Waals surface area (Å²) in [6.45, 7) is 3.25. The van der Waals surface area contributed by atoms with Crippen molar-refractivity contribution in [3.63, 3.8) is 0 Å². The minimum atomic E-state index is -0.694. The van der Waals surface area contributed by atoms with Crippen LogP contribution in [0, 0.1) is 6.92 Å². The van der Waals surface area contributed by atoms with Crippen LogP contribution in [-0.4, -0.2) is 22.1 Å². The number of amides is 1. The van der Waals surface area contributed by atoms with Crippen LogP contribution in [0.1, 0.15) is 18.3 Å². The highest BCUT2D eigenvalue weighted by Crippen LogP contribution is 2.19. The number of para-hydroxylation sites is 1. The fraction of sp³-hybridized carbons (Fsp3) is 0.250. The van der Waals surface area contributed by atoms with E-state index >= 15 is 0 Å². The van der Waals surface area contributed by atoms with Crippen molar-refractivity contribution >= 4 is 11.6 Å². The van der Waals surface area contributed by atoms with E-state index < -0.39 is 6.10 Å². The zero-order valence-corrected chi connectivity index (χ0v) is 12.0. The van der Waals surface area contributed by atoms with E-state index in [4.69, 9.17) is 4.74 Å². The van der Waals surface area contributed by atoms with Crippen molar-refractivity contribution < 1.29 is 14.6 Å². The summed E-state index contributed by atoms with van der Waals surface area (Å²) in [6, 6.07) is 12.6. The molecule has 1 heterocycles. The lowest BCUT2D eigenvalue weighted by atomic mass is 10.2. The molecule has 0 saturated carbocycles. The Kier molecular flexibility index (Phi) is 4.90. The first-order valence-corrected chi connectivity index (χ1v) is 6.70. The third kappa shape index (κ3) is 4.03. The zero-order chi connectivity index (χ0) is 15.2. The molecule has 0 fully saturated rings. The molecule has 0 bridgehead atoms. The highest BCUT2D eigenvalue weighted by molar-refractivity contribution is 5.94. The smallest absolute Gasteiger partial charge is 0.265 e. The molecular formula is C16H18N2O3. The molecule has 110 valence electrons. The van der Waals surface area contributed by atoms with Crippen molar-refractivity contribution in [3.8, 4) is 5.75 Å². The second kappa shape index (κ2) is 6.85. The van der Waals surface area contributed by atoms with E-state index in [9.17, 15) is 9.90 Å². The summed E-state index contributed by atoms with van der Waals surface area (Å²) in [7, 11) is 0. The summed E-state index contributed by atoms with van der Waals surface area (Å²) in [5.41, 5.74) is 1.92. The molecule has 1 atom stereocenters. The molecule has 1 aromatic carbocycles. The maximum atomic E-state index is 12.1. The molecule has 5 heteroatoms. The zero-order valence-electron chi connectivity index (χ0n) is 12.0. The van der Waals surface area contributed by atoms with Crippen molar-refractivity contribution in [2.24, 2.45) is 0 Å². The van der Waals surface area contributed by atoms with Gasteiger partial charge in [-0.1, -0.05) is 18.2 Å². The van der Waals surface area contributed by atoms with Gasteiger partial charge in [0.1, 0.15) is 11.4 Å². The number of carbonyl (C=O) groups is 1. The van der Waals surface area contributed by atoms with Gasteiger partial charge in [0.2, 0.25) is 0 Å². The monoisotopic (exact) mass is 286 g/mol. The molecule has 0 spiro atoms. The molecule has 1 amide bonds. The number of aromatic nitrogens is 1. The maximum Gasteiger partial charge on any atom is 0.265 e. The van der Waals surface area contributed by atoms with Gasteiger partial charge < -0.3 is 15.2 Å². The minimum absolute atomic E-state index is 0.232. The van der Waals surface area contributed by atoms with Gasteiger partial charge in [-0.2, -0.15) is 0 Å². The Balaban J connectivity index is 2.04. The topological polar surface area (TPSA) is 71.5 Å². The fourth-order valence-corrected chi connectivity index (χ4v) is 1.83. The lowest BCUT2D eigenvalue weighted by Crippen LogP contribution is -2.30. The number of rotatable bonds is 5. The summed E-state index contributed by atoms with van der Waals surface area (Å²) in [4.78, 5) is 16.2. The Bertz CT molecular complexity index is 614. The van der Waals surface area contributed by atoms with Gasteiger partial charge in [-0.3, -0.25) is 9.78 Å². The minimum Gasteiger partial charge on any atom is -0.479 e. The molecule has 1 aromatic heterocycles. The Labute approximate surface area is 123 Å². The molecule has 0 aliphatic heterocycles. The molecule has 2 rings (SSSR count). The third-order valence-corrected chi connectivity index (χ3v) is 2.94. The number of aryl methyl sites for hydroxylation is 1. The number of carbonyl (C=O) groups excluding carboxylic acids is 1. The first-order valence-electron chi connectivity index (χ1n) is 6.70. The van der Waals surface area contributed by atoms with Crippen LogP contribution in [0.5, 0.6) is 5.75 Å². The number of aliphatic hydroxyl groups excluding tert-OH is 1. The lowest BCUT2D eigenvalue weighted by molar-refractivity contribution is -0.122. The number of pyridine rings is 1. The lowest BCUT2D eigenvalue weighted by Gasteiger charge is -2.16. The maximum absolute atomic E-state index is 12.1. The molecule has 21 heavy (non-hydrogen) atoms. The SMILES string of the molecule is Cc1ccc(OC(C)C(=O)Nc2ccccc2)c(CO)n1. The summed E-state index contributed by atoms with van der Waals surface area (Å²) >= 11 is 0. The van der Waals surface area contributed by atoms with Gasteiger partial charge in [0.05, 0.1) is 6.61 Å². The van der Waals surface area contributed by atoms with Gasteiger partial charge in [-0.25, -0.2) is 0 Å². The Hall–Kier alpha value is -2.40. The van der Waals surface area contributed by atoms with Crippen molar-refractivity contribution in [1.29, 1.82) is 0 Å². The van der Waals surface area contributed by atoms with Crippen LogP contribution in [0.4, 0.5) is 5.69 Å². The molecule has 1 unspecified atom stereocenters. The number of nitrogens with one attached hydrogen (secondary N) is 1. The van der Waals surface area contributed by atoms with E-state index in [2.05, 4.69) is 10.3 Å². The first-order chi connectivity index (χ1) is 10.1. The van der Waals surface area contributed by atoms with E-state index in [-0.39, 0.29) is 12.5 Å². The van der Waals surface area contributed by atoms with Crippen LogP contribution in [-0.2, 0) is 11.4 Å². The number of hydrogen-bond acceptors (Lipinski definition) is 4. The number of benzene rings is 1. The molecule has 0 saturated heterocycles. The Morgan fingerprint density at radius 3 is 2.67 bits per heavy atom. The van der Waals surface area contributed by atoms with E-state index in [0.29, 0.717) is 17.1 Å². The second-order valence-corrected chi connectivity index (χ2v) is 4.67. The average molecular weight is 286 g/mol. The Morgan fingerprint density at radius 1 is 1.29 bits per heavy atom. The van der Waals surface area contributed by atoms with E-state index in [1.165, 1.54) is 0 Å². The molecule has 5 nitrogen and oxygen atoms in total. The fourth-order valence-electron chi connectivity index (χ4n) is 1.83. The van der Waals surface area contributed by atoms with E-state index in [0.717, 1.165) is 5.69 Å². The highest BCUT2D eigenvalue weighted by atomic mass is 16.5. The van der Waals surface area contributed by atoms with Crippen LogP contribution in [0.15, 0.2) is 42.5 Å². The van der Waals surface area contributed by atoms with Crippen molar-refractivity contribution in [3.05, 3.63) is 53.9 Å². The largest absolute Gasteiger partial charge is 0.479 e. The van der Waals surface area contributed by atoms with Gasteiger partial charge in [-0.15, -0.1) is 0 Å². The Morgan fingerprint density at radius 2 is 2.00 bits per heavy atom. The number of hydrogen-bond donors (Lipinski definition) is 2. The van der Waals surface area contributed by atoms with Crippen LogP contribution in [0.3, 0.4) is 0 Å². The number of anilines is 1. The molecule has 2 aromatic rings. The van der Waals surface area contributed by atoms with Crippen LogP contribution in [0.2, 0.25) is 0 Å². The van der Waals surface area contributed by atoms with Gasteiger partial charge in [0.15, 0.2) is 6.10 Å². The summed E-state index contributed by atoms with van der Waals surface area (Å²) in [5, 5.41) is 12.1. The van der Waals surface area contributed by atoms with Gasteiger partial charge in [0.25, 0.3) is 5.91 Å². The first kappa shape index (κ1) is 15.0. The quantitative estimate of drug-likeness (QED) is 0.884. The molecule has 0 aliphatic rings. The van der Waals surface area contributed by atoms with Crippen LogP contribution in [0.25, 0.3) is 0 Å². The standard InChI is InChI=1S/C16H18N2O3/c1-11-8-9-15(14(10-19)17-11)21-12(2)16(20)18-13-6-4-3-5-7-13/h3-9,12,19H,10H2,1-2H3,(H,18,20). The number of nitrogens with zero attached hydrogens (tertiary/aromatic N) is 1. The normalized spacial score (nSPS) is 11.8. The molecule has 0 radical (unpaired) electrons. The number of ether oxygens (including phenoxy) is 1.